The number of aryl methyl sites for hydroxylation is 1. The first kappa shape index (κ1) is 19.1. The number of nitro benzene ring substituents is 1. The SMILES string of the molecule is COc1ccc([N+](=O)[O-])cc1S(=O)(=O)NCCN1CCCc2ccccc21. The Balaban J connectivity index is 1.73. The van der Waals surface area contributed by atoms with Crippen LogP contribution in [-0.4, -0.2) is 40.1 Å². The van der Waals surface area contributed by atoms with E-state index in [9.17, 15) is 18.5 Å². The molecule has 0 aromatic heterocycles. The number of para-hydroxylation sites is 1. The summed E-state index contributed by atoms with van der Waals surface area (Å²) in [5.41, 5.74) is 2.07. The third-order valence-electron chi connectivity index (χ3n) is 4.53. The normalized spacial score (nSPS) is 13.9. The number of nitrogens with zero attached hydrogens (tertiary/aromatic N) is 2. The van der Waals surface area contributed by atoms with Crippen LogP contribution >= 0.6 is 0 Å². The number of ether oxygens (including phenoxy) is 1. The predicted octanol–water partition coefficient (Wildman–Crippen LogP) is 2.33. The predicted molar refractivity (Wildman–Crippen MR) is 102 cm³/mol. The molecule has 0 amide bonds. The fourth-order valence-electron chi connectivity index (χ4n) is 3.23. The van der Waals surface area contributed by atoms with Crippen LogP contribution in [0.25, 0.3) is 0 Å². The number of fused-ring (bicyclic) bond motifs is 1. The lowest BCUT2D eigenvalue weighted by Crippen LogP contribution is -2.37. The molecule has 2 aromatic carbocycles. The van der Waals surface area contributed by atoms with Crippen LogP contribution in [0.15, 0.2) is 47.4 Å². The second-order valence-corrected chi connectivity index (χ2v) is 7.94. The Kier molecular flexibility index (Phi) is 5.62. The summed E-state index contributed by atoms with van der Waals surface area (Å²) >= 11 is 0. The fraction of sp³-hybridized carbons (Fsp3) is 0.333. The number of methoxy groups -OCH3 is 1. The lowest BCUT2D eigenvalue weighted by Gasteiger charge is -2.31. The highest BCUT2D eigenvalue weighted by atomic mass is 32.2. The van der Waals surface area contributed by atoms with Gasteiger partial charge in [0.2, 0.25) is 10.0 Å². The molecule has 0 saturated carbocycles. The van der Waals surface area contributed by atoms with Crippen LogP contribution in [0.5, 0.6) is 5.75 Å². The van der Waals surface area contributed by atoms with Gasteiger partial charge < -0.3 is 9.64 Å². The first-order chi connectivity index (χ1) is 12.9. The number of benzene rings is 2. The quantitative estimate of drug-likeness (QED) is 0.574. The van der Waals surface area contributed by atoms with Crippen molar-refractivity contribution in [3.63, 3.8) is 0 Å². The van der Waals surface area contributed by atoms with Crippen molar-refractivity contribution in [1.82, 2.24) is 4.72 Å². The number of non-ortho nitro benzene ring substituents is 1. The van der Waals surface area contributed by atoms with E-state index in [0.29, 0.717) is 6.54 Å². The lowest BCUT2D eigenvalue weighted by atomic mass is 10.0. The average molecular weight is 391 g/mol. The zero-order valence-corrected chi connectivity index (χ0v) is 15.7. The van der Waals surface area contributed by atoms with Crippen LogP contribution in [0.4, 0.5) is 11.4 Å². The molecular formula is C18H21N3O5S. The average Bonchev–Trinajstić information content (AvgIpc) is 2.67. The van der Waals surface area contributed by atoms with Gasteiger partial charge in [0.05, 0.1) is 12.0 Å². The molecule has 0 bridgehead atoms. The highest BCUT2D eigenvalue weighted by molar-refractivity contribution is 7.89. The molecule has 0 saturated heterocycles. The summed E-state index contributed by atoms with van der Waals surface area (Å²) in [5, 5.41) is 11.0. The maximum atomic E-state index is 12.6. The standard InChI is InChI=1S/C18H21N3O5S/c1-26-17-9-8-15(21(22)23)13-18(17)27(24,25)19-10-12-20-11-4-6-14-5-2-3-7-16(14)20/h2-3,5,7-9,13,19H,4,6,10-12H2,1H3. The molecule has 8 nitrogen and oxygen atoms in total. The molecule has 9 heteroatoms. The molecule has 0 spiro atoms. The molecule has 0 aliphatic carbocycles. The van der Waals surface area contributed by atoms with Gasteiger partial charge in [-0.3, -0.25) is 10.1 Å². The van der Waals surface area contributed by atoms with Gasteiger partial charge in [0.25, 0.3) is 5.69 Å². The number of anilines is 1. The van der Waals surface area contributed by atoms with E-state index >= 15 is 0 Å². The van der Waals surface area contributed by atoms with Crippen LogP contribution in [-0.2, 0) is 16.4 Å². The van der Waals surface area contributed by atoms with Crippen molar-refractivity contribution in [2.45, 2.75) is 17.7 Å². The van der Waals surface area contributed by atoms with E-state index in [2.05, 4.69) is 15.7 Å². The number of hydrogen-bond acceptors (Lipinski definition) is 6. The zero-order chi connectivity index (χ0) is 19.4. The summed E-state index contributed by atoms with van der Waals surface area (Å²) in [7, 11) is -2.62. The van der Waals surface area contributed by atoms with E-state index in [0.717, 1.165) is 31.1 Å². The molecule has 1 heterocycles. The molecule has 27 heavy (non-hydrogen) atoms. The van der Waals surface area contributed by atoms with Gasteiger partial charge in [-0.15, -0.1) is 0 Å². The van der Waals surface area contributed by atoms with Gasteiger partial charge in [0, 0.05) is 37.5 Å². The zero-order valence-electron chi connectivity index (χ0n) is 14.9. The first-order valence-electron chi connectivity index (χ1n) is 8.57. The largest absolute Gasteiger partial charge is 0.495 e. The van der Waals surface area contributed by atoms with Crippen molar-refractivity contribution in [2.24, 2.45) is 0 Å². The summed E-state index contributed by atoms with van der Waals surface area (Å²) < 4.78 is 32.9. The Morgan fingerprint density at radius 1 is 1.26 bits per heavy atom. The van der Waals surface area contributed by atoms with Crippen LogP contribution in [0.1, 0.15) is 12.0 Å². The van der Waals surface area contributed by atoms with Crippen LogP contribution in [0, 0.1) is 10.1 Å². The second-order valence-electron chi connectivity index (χ2n) is 6.21. The number of sulfonamides is 1. The first-order valence-corrected chi connectivity index (χ1v) is 10.1. The van der Waals surface area contributed by atoms with Crippen molar-refractivity contribution in [2.75, 3.05) is 31.6 Å². The van der Waals surface area contributed by atoms with Gasteiger partial charge in [-0.05, 0) is 30.5 Å². The number of nitrogens with one attached hydrogen (secondary N) is 1. The lowest BCUT2D eigenvalue weighted by molar-refractivity contribution is -0.385. The summed E-state index contributed by atoms with van der Waals surface area (Å²) in [5.74, 6) is 0.0661. The topological polar surface area (TPSA) is 102 Å². The molecule has 1 N–H and O–H groups in total. The third kappa shape index (κ3) is 4.20. The van der Waals surface area contributed by atoms with Gasteiger partial charge in [-0.25, -0.2) is 13.1 Å². The molecule has 0 fully saturated rings. The van der Waals surface area contributed by atoms with Crippen LogP contribution in [0.2, 0.25) is 0 Å². The summed E-state index contributed by atoms with van der Waals surface area (Å²) in [6.45, 7) is 1.55. The van der Waals surface area contributed by atoms with Crippen LogP contribution < -0.4 is 14.4 Å². The second kappa shape index (κ2) is 7.93. The fourth-order valence-corrected chi connectivity index (χ4v) is 4.43. The van der Waals surface area contributed by atoms with Crippen molar-refractivity contribution < 1.29 is 18.1 Å². The monoisotopic (exact) mass is 391 g/mol. The number of hydrogen-bond donors (Lipinski definition) is 1. The van der Waals surface area contributed by atoms with Crippen molar-refractivity contribution in [3.8, 4) is 5.75 Å². The van der Waals surface area contributed by atoms with Crippen molar-refractivity contribution in [1.29, 1.82) is 0 Å². The summed E-state index contributed by atoms with van der Waals surface area (Å²) in [4.78, 5) is 12.2. The van der Waals surface area contributed by atoms with Crippen molar-refractivity contribution >= 4 is 21.4 Å². The highest BCUT2D eigenvalue weighted by Crippen LogP contribution is 2.28. The Morgan fingerprint density at radius 3 is 2.78 bits per heavy atom. The third-order valence-corrected chi connectivity index (χ3v) is 6.01. The molecule has 3 rings (SSSR count). The summed E-state index contributed by atoms with van der Waals surface area (Å²) in [6, 6.07) is 11.6. The van der Waals surface area contributed by atoms with E-state index in [4.69, 9.17) is 4.74 Å². The molecular weight excluding hydrogens is 370 g/mol. The van der Waals surface area contributed by atoms with Crippen LogP contribution in [0.3, 0.4) is 0 Å². The molecule has 1 aliphatic heterocycles. The Labute approximate surface area is 158 Å². The molecule has 0 atom stereocenters. The van der Waals surface area contributed by atoms with Gasteiger partial charge in [-0.1, -0.05) is 18.2 Å². The van der Waals surface area contributed by atoms with E-state index in [1.807, 2.05) is 18.2 Å². The molecule has 0 unspecified atom stereocenters. The molecule has 1 aliphatic rings. The highest BCUT2D eigenvalue weighted by Gasteiger charge is 2.23. The molecule has 0 radical (unpaired) electrons. The Hall–Kier alpha value is -2.65. The van der Waals surface area contributed by atoms with E-state index in [1.165, 1.54) is 24.8 Å². The van der Waals surface area contributed by atoms with Gasteiger partial charge >= 0.3 is 0 Å². The van der Waals surface area contributed by atoms with Crippen molar-refractivity contribution in [3.05, 3.63) is 58.1 Å². The minimum atomic E-state index is -3.94. The smallest absolute Gasteiger partial charge is 0.271 e. The minimum Gasteiger partial charge on any atom is -0.495 e. The maximum absolute atomic E-state index is 12.6. The maximum Gasteiger partial charge on any atom is 0.271 e. The van der Waals surface area contributed by atoms with Gasteiger partial charge in [0.1, 0.15) is 10.6 Å². The molecule has 2 aromatic rings. The molecule has 144 valence electrons. The van der Waals surface area contributed by atoms with Gasteiger partial charge in [0.15, 0.2) is 0 Å². The Morgan fingerprint density at radius 2 is 2.04 bits per heavy atom. The number of nitro groups is 1. The summed E-state index contributed by atoms with van der Waals surface area (Å²) in [6.07, 6.45) is 2.03. The van der Waals surface area contributed by atoms with E-state index < -0.39 is 14.9 Å². The van der Waals surface area contributed by atoms with E-state index in [1.54, 1.807) is 0 Å². The minimum absolute atomic E-state index is 0.0661. The Bertz CT molecular complexity index is 946. The number of rotatable bonds is 7. The van der Waals surface area contributed by atoms with Gasteiger partial charge in [-0.2, -0.15) is 0 Å². The van der Waals surface area contributed by atoms with E-state index in [-0.39, 0.29) is 22.9 Å².